The molecule has 5 N–H and O–H groups in total. The van der Waals surface area contributed by atoms with E-state index in [0.717, 1.165) is 42.7 Å². The van der Waals surface area contributed by atoms with Gasteiger partial charge in [0.25, 0.3) is 0 Å². The number of para-hydroxylation sites is 2. The number of hydrogen-bond donors (Lipinski definition) is 4. The fourth-order valence-corrected chi connectivity index (χ4v) is 7.67. The molecular weight excluding hydrogens is 683 g/mol. The number of carbonyl (C=O) groups is 2. The molecule has 1 saturated heterocycles. The molecule has 264 valence electrons. The summed E-state index contributed by atoms with van der Waals surface area (Å²) in [6.45, 7) is 2.30. The molecule has 51 heavy (non-hydrogen) atoms. The van der Waals surface area contributed by atoms with Crippen LogP contribution in [0.25, 0.3) is 11.1 Å². The molecule has 3 atom stereocenters. The summed E-state index contributed by atoms with van der Waals surface area (Å²) in [5, 5.41) is 24.7. The minimum Gasteiger partial charge on any atom is -0.397 e. The summed E-state index contributed by atoms with van der Waals surface area (Å²) in [6.07, 6.45) is 0.738. The van der Waals surface area contributed by atoms with Crippen molar-refractivity contribution >= 4 is 46.3 Å². The molecular formula is C39H41N5O5S2. The van der Waals surface area contributed by atoms with Crippen LogP contribution in [0, 0.1) is 6.92 Å². The Morgan fingerprint density at radius 2 is 1.63 bits per heavy atom. The van der Waals surface area contributed by atoms with E-state index in [1.165, 1.54) is 0 Å². The van der Waals surface area contributed by atoms with Gasteiger partial charge in [-0.1, -0.05) is 108 Å². The Labute approximate surface area is 305 Å². The van der Waals surface area contributed by atoms with Gasteiger partial charge in [-0.2, -0.15) is 0 Å². The summed E-state index contributed by atoms with van der Waals surface area (Å²) in [5.74, 6) is 0.421. The Kier molecular flexibility index (Phi) is 12.5. The van der Waals surface area contributed by atoms with Crippen molar-refractivity contribution in [2.75, 3.05) is 16.8 Å². The highest BCUT2D eigenvalue weighted by atomic mass is 32.2. The summed E-state index contributed by atoms with van der Waals surface area (Å²) < 4.78 is 14.0. The predicted octanol–water partition coefficient (Wildman–Crippen LogP) is 7.35. The predicted molar refractivity (Wildman–Crippen MR) is 201 cm³/mol. The third-order valence-corrected chi connectivity index (χ3v) is 10.6. The molecule has 1 fully saturated rings. The third kappa shape index (κ3) is 10.0. The molecule has 4 aromatic carbocycles. The van der Waals surface area contributed by atoms with Gasteiger partial charge >= 0.3 is 0 Å². The standard InChI is InChI=1S/C39H41N5O5S2/c1-25-43-44-39(51-25)50-24-31-21-35(28-15-13-26(23-45)14-16-28)49-38(48-31)29-19-17-27(18-20-29)32-8-3-2-7-30(32)22-41-36(46)11-6-12-37(47)42-34-10-5-4-9-33(34)40/h2-5,7-10,13-20,31,35,38,45H,6,11-12,21-24,40H2,1H3,(H,41,46)(H,42,47)/t31-,35+,38+/m0/s1. The number of nitrogens with two attached hydrogens (primary N) is 1. The van der Waals surface area contributed by atoms with Crippen LogP contribution in [-0.2, 0) is 32.2 Å². The highest BCUT2D eigenvalue weighted by Crippen LogP contribution is 2.40. The molecule has 10 nitrogen and oxygen atoms in total. The van der Waals surface area contributed by atoms with Crippen molar-refractivity contribution < 1.29 is 24.2 Å². The number of nitrogens with zero attached hydrogens (tertiary/aromatic N) is 2. The van der Waals surface area contributed by atoms with Gasteiger partial charge in [0, 0.05) is 37.1 Å². The molecule has 0 radical (unpaired) electrons. The number of ether oxygens (including phenoxy) is 2. The van der Waals surface area contributed by atoms with E-state index in [0.29, 0.717) is 36.5 Å². The average Bonchev–Trinajstić information content (AvgIpc) is 3.59. The second kappa shape index (κ2) is 17.6. The topological polar surface area (TPSA) is 149 Å². The molecule has 6 rings (SSSR count). The van der Waals surface area contributed by atoms with Crippen LogP contribution in [0.15, 0.2) is 101 Å². The largest absolute Gasteiger partial charge is 0.397 e. The Balaban J connectivity index is 1.07. The zero-order valence-corrected chi connectivity index (χ0v) is 29.9. The van der Waals surface area contributed by atoms with Crippen molar-refractivity contribution in [2.24, 2.45) is 0 Å². The maximum atomic E-state index is 12.7. The number of carbonyl (C=O) groups excluding carboxylic acids is 2. The Morgan fingerprint density at radius 1 is 0.902 bits per heavy atom. The SMILES string of the molecule is Cc1nnc(SC[C@@H]2C[C@H](c3ccc(CO)cc3)O[C@H](c3ccc(-c4ccccc4CNC(=O)CCCC(=O)Nc4ccccc4N)cc3)O2)s1. The molecule has 2 heterocycles. The van der Waals surface area contributed by atoms with E-state index in [4.69, 9.17) is 15.2 Å². The molecule has 0 aliphatic carbocycles. The minimum absolute atomic E-state index is 0.00781. The van der Waals surface area contributed by atoms with Crippen LogP contribution in [0.1, 0.15) is 65.3 Å². The van der Waals surface area contributed by atoms with Crippen LogP contribution in [0.2, 0.25) is 0 Å². The molecule has 0 spiro atoms. The lowest BCUT2D eigenvalue weighted by Crippen LogP contribution is -2.31. The first-order chi connectivity index (χ1) is 24.8. The maximum Gasteiger partial charge on any atom is 0.224 e. The van der Waals surface area contributed by atoms with Crippen molar-refractivity contribution in [3.8, 4) is 11.1 Å². The number of nitrogen functional groups attached to an aromatic ring is 1. The van der Waals surface area contributed by atoms with E-state index in [2.05, 4.69) is 20.8 Å². The molecule has 1 aliphatic rings. The summed E-state index contributed by atoms with van der Waals surface area (Å²) in [5.41, 5.74) is 12.8. The van der Waals surface area contributed by atoms with Gasteiger partial charge in [0.2, 0.25) is 11.8 Å². The smallest absolute Gasteiger partial charge is 0.224 e. The Morgan fingerprint density at radius 3 is 2.37 bits per heavy atom. The van der Waals surface area contributed by atoms with Crippen LogP contribution >= 0.6 is 23.1 Å². The Hall–Kier alpha value is -4.59. The van der Waals surface area contributed by atoms with Crippen LogP contribution in [0.4, 0.5) is 11.4 Å². The molecule has 2 amide bonds. The van der Waals surface area contributed by atoms with E-state index < -0.39 is 6.29 Å². The highest BCUT2D eigenvalue weighted by molar-refractivity contribution is 8.01. The second-order valence-electron chi connectivity index (χ2n) is 12.3. The van der Waals surface area contributed by atoms with Crippen LogP contribution in [-0.4, -0.2) is 39.0 Å². The summed E-state index contributed by atoms with van der Waals surface area (Å²) in [7, 11) is 0. The van der Waals surface area contributed by atoms with Gasteiger partial charge < -0.3 is 30.9 Å². The van der Waals surface area contributed by atoms with E-state index in [1.54, 1.807) is 41.3 Å². The summed E-state index contributed by atoms with van der Waals surface area (Å²) in [6, 6.07) is 31.1. The number of rotatable bonds is 14. The van der Waals surface area contributed by atoms with Crippen molar-refractivity contribution in [1.29, 1.82) is 0 Å². The lowest BCUT2D eigenvalue weighted by molar-refractivity contribution is -0.245. The summed E-state index contributed by atoms with van der Waals surface area (Å²) in [4.78, 5) is 25.0. The fraction of sp³-hybridized carbons (Fsp3) is 0.282. The first-order valence-corrected chi connectivity index (χ1v) is 18.7. The third-order valence-electron chi connectivity index (χ3n) is 8.54. The number of thioether (sulfide) groups is 1. The van der Waals surface area contributed by atoms with E-state index in [-0.39, 0.29) is 43.5 Å². The number of aliphatic hydroxyl groups excluding tert-OH is 1. The quantitative estimate of drug-likeness (QED) is 0.0682. The van der Waals surface area contributed by atoms with Crippen molar-refractivity contribution in [1.82, 2.24) is 15.5 Å². The van der Waals surface area contributed by atoms with Gasteiger partial charge in [0.05, 0.1) is 30.2 Å². The van der Waals surface area contributed by atoms with Crippen molar-refractivity contribution in [3.63, 3.8) is 0 Å². The van der Waals surface area contributed by atoms with Gasteiger partial charge in [0.1, 0.15) is 5.01 Å². The highest BCUT2D eigenvalue weighted by Gasteiger charge is 2.32. The maximum absolute atomic E-state index is 12.7. The van der Waals surface area contributed by atoms with E-state index in [9.17, 15) is 14.7 Å². The fourth-order valence-electron chi connectivity index (χ4n) is 5.81. The van der Waals surface area contributed by atoms with Crippen molar-refractivity contribution in [3.05, 3.63) is 124 Å². The zero-order chi connectivity index (χ0) is 35.6. The molecule has 12 heteroatoms. The monoisotopic (exact) mass is 723 g/mol. The number of hydrogen-bond acceptors (Lipinski definition) is 10. The van der Waals surface area contributed by atoms with Crippen molar-refractivity contribution in [2.45, 2.75) is 68.6 Å². The van der Waals surface area contributed by atoms with E-state index >= 15 is 0 Å². The normalized spacial score (nSPS) is 17.2. The minimum atomic E-state index is -0.571. The number of aromatic nitrogens is 2. The summed E-state index contributed by atoms with van der Waals surface area (Å²) >= 11 is 3.22. The molecule has 0 saturated carbocycles. The van der Waals surface area contributed by atoms with Crippen LogP contribution in [0.3, 0.4) is 0 Å². The number of anilines is 2. The number of aliphatic hydroxyl groups is 1. The molecule has 5 aromatic rings. The molecule has 1 aliphatic heterocycles. The van der Waals surface area contributed by atoms with Gasteiger partial charge in [-0.05, 0) is 53.3 Å². The van der Waals surface area contributed by atoms with Gasteiger partial charge in [-0.3, -0.25) is 9.59 Å². The number of nitrogens with one attached hydrogen (secondary N) is 2. The van der Waals surface area contributed by atoms with Gasteiger partial charge in [-0.25, -0.2) is 0 Å². The first-order valence-electron chi connectivity index (χ1n) is 16.9. The van der Waals surface area contributed by atoms with Crippen LogP contribution in [0.5, 0.6) is 0 Å². The van der Waals surface area contributed by atoms with E-state index in [1.807, 2.05) is 85.8 Å². The number of aryl methyl sites for hydroxylation is 1. The van der Waals surface area contributed by atoms with Gasteiger partial charge in [-0.15, -0.1) is 10.2 Å². The second-order valence-corrected chi connectivity index (χ2v) is 14.7. The first kappa shape index (κ1) is 36.2. The lowest BCUT2D eigenvalue weighted by Gasteiger charge is -2.36. The molecule has 1 aromatic heterocycles. The number of benzene rings is 4. The van der Waals surface area contributed by atoms with Crippen LogP contribution < -0.4 is 16.4 Å². The zero-order valence-electron chi connectivity index (χ0n) is 28.3. The Bertz CT molecular complexity index is 1920. The van der Waals surface area contributed by atoms with Gasteiger partial charge in [0.15, 0.2) is 10.6 Å². The lowest BCUT2D eigenvalue weighted by atomic mass is 9.97. The molecule has 0 bridgehead atoms. The average molecular weight is 724 g/mol. The molecule has 0 unspecified atom stereocenters. The number of amides is 2.